The Kier molecular flexibility index (Phi) is 6.11. The maximum Gasteiger partial charge on any atom is 0.272 e. The predicted octanol–water partition coefficient (Wildman–Crippen LogP) is 3.35. The van der Waals surface area contributed by atoms with Crippen LogP contribution in [0, 0.1) is 6.92 Å². The van der Waals surface area contributed by atoms with Crippen LogP contribution in [-0.4, -0.2) is 40.3 Å². The average Bonchev–Trinajstić information content (AvgIpc) is 2.74. The van der Waals surface area contributed by atoms with Crippen molar-refractivity contribution in [3.63, 3.8) is 0 Å². The van der Waals surface area contributed by atoms with Crippen molar-refractivity contribution in [2.75, 3.05) is 18.9 Å². The molecule has 3 aromatic rings. The van der Waals surface area contributed by atoms with Gasteiger partial charge < -0.3 is 10.2 Å². The lowest BCUT2D eigenvalue weighted by atomic mass is 10.1. The number of carbonyl (C=O) groups excluding carboxylic acids is 2. The Morgan fingerprint density at radius 1 is 1.00 bits per heavy atom. The molecule has 0 aliphatic rings. The summed E-state index contributed by atoms with van der Waals surface area (Å²) < 4.78 is 0. The van der Waals surface area contributed by atoms with Crippen LogP contribution >= 0.6 is 0 Å². The Morgan fingerprint density at radius 3 is 2.43 bits per heavy atom. The summed E-state index contributed by atoms with van der Waals surface area (Å²) in [4.78, 5) is 34.9. The van der Waals surface area contributed by atoms with Crippen LogP contribution in [0.3, 0.4) is 0 Å². The fourth-order valence-corrected chi connectivity index (χ4v) is 2.67. The highest BCUT2D eigenvalue weighted by molar-refractivity contribution is 6.05. The van der Waals surface area contributed by atoms with Crippen LogP contribution in [0.5, 0.6) is 0 Å². The Labute approximate surface area is 164 Å². The molecule has 2 aromatic heterocycles. The van der Waals surface area contributed by atoms with Gasteiger partial charge in [-0.1, -0.05) is 17.7 Å². The van der Waals surface area contributed by atoms with E-state index in [1.807, 2.05) is 43.3 Å². The summed E-state index contributed by atoms with van der Waals surface area (Å²) in [6, 6.07) is 14.5. The molecule has 0 aliphatic heterocycles. The molecule has 6 heteroatoms. The summed E-state index contributed by atoms with van der Waals surface area (Å²) >= 11 is 0. The lowest BCUT2D eigenvalue weighted by molar-refractivity contribution is 0.0791. The standard InChI is InChI=1S/C22H22N4O2/c1-16-3-5-19(6-4-16)25-21(27)18-9-13-24-20(15-18)22(28)26(2)14-10-17-7-11-23-12-8-17/h3-9,11-13,15H,10,14H2,1-2H3,(H,25,27). The van der Waals surface area contributed by atoms with Crippen LogP contribution in [0.15, 0.2) is 67.1 Å². The van der Waals surface area contributed by atoms with E-state index in [9.17, 15) is 9.59 Å². The third-order valence-corrected chi connectivity index (χ3v) is 4.38. The molecule has 0 saturated carbocycles. The van der Waals surface area contributed by atoms with Crippen molar-refractivity contribution in [3.8, 4) is 0 Å². The third-order valence-electron chi connectivity index (χ3n) is 4.38. The lowest BCUT2D eigenvalue weighted by Crippen LogP contribution is -2.29. The Hall–Kier alpha value is -3.54. The first-order chi connectivity index (χ1) is 13.5. The van der Waals surface area contributed by atoms with Gasteiger partial charge in [-0.2, -0.15) is 0 Å². The van der Waals surface area contributed by atoms with E-state index < -0.39 is 0 Å². The number of rotatable bonds is 6. The van der Waals surface area contributed by atoms with Gasteiger partial charge in [0, 0.05) is 43.4 Å². The Bertz CT molecular complexity index is 956. The molecule has 0 bridgehead atoms. The number of hydrogen-bond donors (Lipinski definition) is 1. The topological polar surface area (TPSA) is 75.2 Å². The zero-order valence-electron chi connectivity index (χ0n) is 15.9. The number of benzene rings is 1. The van der Waals surface area contributed by atoms with Crippen molar-refractivity contribution in [2.45, 2.75) is 13.3 Å². The molecule has 0 saturated heterocycles. The highest BCUT2D eigenvalue weighted by atomic mass is 16.2. The summed E-state index contributed by atoms with van der Waals surface area (Å²) in [6.45, 7) is 2.53. The van der Waals surface area contributed by atoms with Gasteiger partial charge in [-0.3, -0.25) is 19.6 Å². The van der Waals surface area contributed by atoms with Crippen molar-refractivity contribution in [2.24, 2.45) is 0 Å². The number of aryl methyl sites for hydroxylation is 1. The van der Waals surface area contributed by atoms with E-state index in [0.717, 1.165) is 17.5 Å². The molecule has 0 unspecified atom stereocenters. The van der Waals surface area contributed by atoms with Crippen LogP contribution in [0.2, 0.25) is 0 Å². The number of pyridine rings is 2. The number of likely N-dealkylation sites (N-methyl/N-ethyl adjacent to an activating group) is 1. The molecule has 6 nitrogen and oxygen atoms in total. The third kappa shape index (κ3) is 5.01. The first kappa shape index (κ1) is 19.2. The van der Waals surface area contributed by atoms with Gasteiger partial charge in [0.25, 0.3) is 11.8 Å². The maximum absolute atomic E-state index is 12.7. The van der Waals surface area contributed by atoms with E-state index in [1.54, 1.807) is 30.4 Å². The van der Waals surface area contributed by atoms with Crippen molar-refractivity contribution >= 4 is 17.5 Å². The SMILES string of the molecule is Cc1ccc(NC(=O)c2ccnc(C(=O)N(C)CCc3ccncc3)c2)cc1. The van der Waals surface area contributed by atoms with Gasteiger partial charge in [0.15, 0.2) is 0 Å². The molecule has 0 spiro atoms. The van der Waals surface area contributed by atoms with Crippen LogP contribution in [-0.2, 0) is 6.42 Å². The fourth-order valence-electron chi connectivity index (χ4n) is 2.67. The minimum Gasteiger partial charge on any atom is -0.340 e. The van der Waals surface area contributed by atoms with E-state index in [1.165, 1.54) is 12.3 Å². The second-order valence-electron chi connectivity index (χ2n) is 6.58. The van der Waals surface area contributed by atoms with Gasteiger partial charge >= 0.3 is 0 Å². The van der Waals surface area contributed by atoms with Gasteiger partial charge in [-0.25, -0.2) is 0 Å². The summed E-state index contributed by atoms with van der Waals surface area (Å²) in [5.41, 5.74) is 3.56. The van der Waals surface area contributed by atoms with Gasteiger partial charge in [0.2, 0.25) is 0 Å². The number of nitrogens with one attached hydrogen (secondary N) is 1. The lowest BCUT2D eigenvalue weighted by Gasteiger charge is -2.17. The highest BCUT2D eigenvalue weighted by Gasteiger charge is 2.16. The molecule has 1 aromatic carbocycles. The summed E-state index contributed by atoms with van der Waals surface area (Å²) in [5, 5.41) is 2.83. The molecule has 1 N–H and O–H groups in total. The molecule has 0 radical (unpaired) electrons. The van der Waals surface area contributed by atoms with Gasteiger partial charge in [0.1, 0.15) is 5.69 Å². The van der Waals surface area contributed by atoms with E-state index >= 15 is 0 Å². The molecule has 3 rings (SSSR count). The van der Waals surface area contributed by atoms with Crippen molar-refractivity contribution < 1.29 is 9.59 Å². The smallest absolute Gasteiger partial charge is 0.272 e. The van der Waals surface area contributed by atoms with E-state index in [-0.39, 0.29) is 17.5 Å². The van der Waals surface area contributed by atoms with Gasteiger partial charge in [-0.05, 0) is 55.3 Å². The Morgan fingerprint density at radius 2 is 1.71 bits per heavy atom. The van der Waals surface area contributed by atoms with E-state index in [4.69, 9.17) is 0 Å². The fraction of sp³-hybridized carbons (Fsp3) is 0.182. The zero-order chi connectivity index (χ0) is 19.9. The van der Waals surface area contributed by atoms with Gasteiger partial charge in [0.05, 0.1) is 0 Å². The summed E-state index contributed by atoms with van der Waals surface area (Å²) in [5.74, 6) is -0.501. The highest BCUT2D eigenvalue weighted by Crippen LogP contribution is 2.12. The molecule has 0 fully saturated rings. The molecule has 2 heterocycles. The van der Waals surface area contributed by atoms with E-state index in [0.29, 0.717) is 17.8 Å². The molecular weight excluding hydrogens is 352 g/mol. The molecule has 142 valence electrons. The van der Waals surface area contributed by atoms with Crippen LogP contribution in [0.4, 0.5) is 5.69 Å². The van der Waals surface area contributed by atoms with Crippen LogP contribution < -0.4 is 5.32 Å². The normalized spacial score (nSPS) is 10.4. The molecular formula is C22H22N4O2. The van der Waals surface area contributed by atoms with E-state index in [2.05, 4.69) is 15.3 Å². The minimum atomic E-state index is -0.278. The number of nitrogens with zero attached hydrogens (tertiary/aromatic N) is 3. The quantitative estimate of drug-likeness (QED) is 0.718. The number of amides is 2. The maximum atomic E-state index is 12.7. The second kappa shape index (κ2) is 8.90. The van der Waals surface area contributed by atoms with Crippen LogP contribution in [0.1, 0.15) is 32.0 Å². The number of carbonyl (C=O) groups is 2. The van der Waals surface area contributed by atoms with Crippen molar-refractivity contribution in [1.82, 2.24) is 14.9 Å². The number of anilines is 1. The first-order valence-electron chi connectivity index (χ1n) is 9.01. The molecule has 0 atom stereocenters. The summed E-state index contributed by atoms with van der Waals surface area (Å²) in [6.07, 6.45) is 5.66. The monoisotopic (exact) mass is 374 g/mol. The Balaban J connectivity index is 1.65. The first-order valence-corrected chi connectivity index (χ1v) is 9.01. The minimum absolute atomic E-state index is 0.223. The van der Waals surface area contributed by atoms with Crippen molar-refractivity contribution in [3.05, 3.63) is 89.5 Å². The van der Waals surface area contributed by atoms with Gasteiger partial charge in [-0.15, -0.1) is 0 Å². The predicted molar refractivity (Wildman–Crippen MR) is 108 cm³/mol. The second-order valence-corrected chi connectivity index (χ2v) is 6.58. The summed E-state index contributed by atoms with van der Waals surface area (Å²) in [7, 11) is 1.73. The molecule has 2 amide bonds. The number of aromatic nitrogens is 2. The van der Waals surface area contributed by atoms with Crippen molar-refractivity contribution in [1.29, 1.82) is 0 Å². The molecule has 28 heavy (non-hydrogen) atoms. The average molecular weight is 374 g/mol. The largest absolute Gasteiger partial charge is 0.340 e. The van der Waals surface area contributed by atoms with Crippen LogP contribution in [0.25, 0.3) is 0 Å². The number of hydrogen-bond acceptors (Lipinski definition) is 4. The molecule has 0 aliphatic carbocycles. The zero-order valence-corrected chi connectivity index (χ0v) is 15.9.